The van der Waals surface area contributed by atoms with Crippen molar-refractivity contribution in [1.82, 2.24) is 9.55 Å². The molecule has 0 bridgehead atoms. The van der Waals surface area contributed by atoms with Crippen LogP contribution < -0.4 is 0 Å². The molecule has 1 rings (SSSR count). The monoisotopic (exact) mass is 270 g/mol. The molecule has 1 aromatic rings. The fourth-order valence-electron chi connectivity index (χ4n) is 2.03. The van der Waals surface area contributed by atoms with E-state index in [0.717, 1.165) is 12.3 Å². The van der Waals surface area contributed by atoms with Crippen LogP contribution in [0.4, 0.5) is 0 Å². The molecule has 5 heteroatoms. The van der Waals surface area contributed by atoms with Crippen LogP contribution in [0.25, 0.3) is 0 Å². The van der Waals surface area contributed by atoms with Gasteiger partial charge in [-0.2, -0.15) is 0 Å². The average molecular weight is 270 g/mol. The summed E-state index contributed by atoms with van der Waals surface area (Å²) in [4.78, 5) is 4.36. The average Bonchev–Trinajstić information content (AvgIpc) is 2.87. The van der Waals surface area contributed by atoms with Crippen molar-refractivity contribution in [2.24, 2.45) is 0 Å². The zero-order valence-electron chi connectivity index (χ0n) is 12.1. The third kappa shape index (κ3) is 4.22. The summed E-state index contributed by atoms with van der Waals surface area (Å²) in [5.41, 5.74) is 1.00. The van der Waals surface area contributed by atoms with E-state index in [9.17, 15) is 0 Å². The molecule has 0 saturated carbocycles. The molecule has 0 atom stereocenters. The van der Waals surface area contributed by atoms with E-state index in [0.29, 0.717) is 13.3 Å². The standard InChI is InChI=1S/C13H26N2O2Si/c1-5-16-12-15-9-13(14-11-15)10-17-18(6-2,7-3)8-4/h9,11H,5-8,10,12H2,1-4H3. The van der Waals surface area contributed by atoms with E-state index in [4.69, 9.17) is 9.16 Å². The van der Waals surface area contributed by atoms with E-state index in [-0.39, 0.29) is 0 Å². The van der Waals surface area contributed by atoms with Crippen molar-refractivity contribution >= 4 is 8.32 Å². The van der Waals surface area contributed by atoms with Gasteiger partial charge in [0.25, 0.3) is 0 Å². The van der Waals surface area contributed by atoms with Gasteiger partial charge in [-0.1, -0.05) is 20.8 Å². The zero-order valence-corrected chi connectivity index (χ0v) is 13.1. The van der Waals surface area contributed by atoms with Crippen LogP contribution in [0.3, 0.4) is 0 Å². The predicted molar refractivity (Wildman–Crippen MR) is 75.8 cm³/mol. The second-order valence-corrected chi connectivity index (χ2v) is 9.31. The molecular weight excluding hydrogens is 244 g/mol. The molecule has 18 heavy (non-hydrogen) atoms. The Morgan fingerprint density at radius 1 is 1.17 bits per heavy atom. The fourth-order valence-corrected chi connectivity index (χ4v) is 4.60. The zero-order chi connectivity index (χ0) is 13.4. The fraction of sp³-hybridized carbons (Fsp3) is 0.769. The van der Waals surface area contributed by atoms with E-state index in [1.807, 2.05) is 17.7 Å². The van der Waals surface area contributed by atoms with Gasteiger partial charge in [-0.3, -0.25) is 0 Å². The molecule has 0 aromatic carbocycles. The summed E-state index contributed by atoms with van der Waals surface area (Å²) in [7, 11) is -1.50. The highest BCUT2D eigenvalue weighted by atomic mass is 28.4. The maximum absolute atomic E-state index is 6.20. The molecule has 0 amide bonds. The lowest BCUT2D eigenvalue weighted by Gasteiger charge is -2.27. The van der Waals surface area contributed by atoms with Crippen LogP contribution in [0.1, 0.15) is 33.4 Å². The molecule has 0 aliphatic rings. The molecule has 104 valence electrons. The first-order valence-corrected chi connectivity index (χ1v) is 9.45. The molecule has 0 radical (unpaired) electrons. The molecule has 1 aromatic heterocycles. The highest BCUT2D eigenvalue weighted by Gasteiger charge is 2.28. The Hall–Kier alpha value is -0.653. The van der Waals surface area contributed by atoms with Crippen LogP contribution in [-0.2, 0) is 22.5 Å². The van der Waals surface area contributed by atoms with Gasteiger partial charge >= 0.3 is 0 Å². The minimum atomic E-state index is -1.50. The lowest BCUT2D eigenvalue weighted by Crippen LogP contribution is -2.35. The Bertz CT molecular complexity index is 329. The Morgan fingerprint density at radius 3 is 2.39 bits per heavy atom. The SMILES string of the molecule is CCOCn1cnc(CO[Si](CC)(CC)CC)c1. The van der Waals surface area contributed by atoms with Crippen LogP contribution in [0, 0.1) is 0 Å². The smallest absolute Gasteiger partial charge is 0.192 e. The number of aromatic nitrogens is 2. The molecule has 0 aliphatic heterocycles. The Labute approximate surface area is 111 Å². The third-order valence-corrected chi connectivity index (χ3v) is 8.21. The Kier molecular flexibility index (Phi) is 6.60. The molecule has 0 fully saturated rings. The van der Waals surface area contributed by atoms with Gasteiger partial charge in [-0.25, -0.2) is 4.98 Å². The van der Waals surface area contributed by atoms with Gasteiger partial charge in [0.05, 0.1) is 18.6 Å². The predicted octanol–water partition coefficient (Wildman–Crippen LogP) is 3.40. The van der Waals surface area contributed by atoms with E-state index in [1.54, 1.807) is 6.33 Å². The maximum Gasteiger partial charge on any atom is 0.192 e. The Balaban J connectivity index is 2.49. The first-order chi connectivity index (χ1) is 8.69. The highest BCUT2D eigenvalue weighted by molar-refractivity contribution is 6.73. The molecule has 0 aliphatic carbocycles. The van der Waals surface area contributed by atoms with Gasteiger partial charge in [-0.05, 0) is 25.1 Å². The topological polar surface area (TPSA) is 36.3 Å². The summed E-state index contributed by atoms with van der Waals surface area (Å²) in [5.74, 6) is 0. The molecule has 1 heterocycles. The first-order valence-electron chi connectivity index (χ1n) is 6.92. The van der Waals surface area contributed by atoms with Crippen molar-refractivity contribution < 1.29 is 9.16 Å². The van der Waals surface area contributed by atoms with Gasteiger partial charge < -0.3 is 13.7 Å². The van der Waals surface area contributed by atoms with Crippen molar-refractivity contribution in [1.29, 1.82) is 0 Å². The van der Waals surface area contributed by atoms with Crippen LogP contribution in [0.2, 0.25) is 18.1 Å². The summed E-state index contributed by atoms with van der Waals surface area (Å²) in [6.45, 7) is 10.7. The number of nitrogens with zero attached hydrogens (tertiary/aromatic N) is 2. The summed E-state index contributed by atoms with van der Waals surface area (Å²) in [5, 5.41) is 0. The van der Waals surface area contributed by atoms with Crippen LogP contribution in [0.15, 0.2) is 12.5 Å². The van der Waals surface area contributed by atoms with Crippen molar-refractivity contribution in [2.45, 2.75) is 59.2 Å². The van der Waals surface area contributed by atoms with Crippen LogP contribution in [-0.4, -0.2) is 24.5 Å². The molecule has 4 nitrogen and oxygen atoms in total. The second-order valence-electron chi connectivity index (χ2n) is 4.53. The molecular formula is C13H26N2O2Si. The lowest BCUT2D eigenvalue weighted by molar-refractivity contribution is 0.0876. The highest BCUT2D eigenvalue weighted by Crippen LogP contribution is 2.22. The quantitative estimate of drug-likeness (QED) is 0.645. The largest absolute Gasteiger partial charge is 0.411 e. The molecule has 0 spiro atoms. The third-order valence-electron chi connectivity index (χ3n) is 3.59. The van der Waals surface area contributed by atoms with Crippen LogP contribution in [0.5, 0.6) is 0 Å². The number of rotatable bonds is 9. The van der Waals surface area contributed by atoms with Gasteiger partial charge in [0, 0.05) is 12.8 Å². The van der Waals surface area contributed by atoms with Gasteiger partial charge in [0.2, 0.25) is 0 Å². The number of ether oxygens (including phenoxy) is 1. The van der Waals surface area contributed by atoms with Crippen molar-refractivity contribution in [2.75, 3.05) is 6.61 Å². The number of hydrogen-bond donors (Lipinski definition) is 0. The summed E-state index contributed by atoms with van der Waals surface area (Å²) in [6, 6.07) is 3.54. The van der Waals surface area contributed by atoms with Gasteiger partial charge in [0.1, 0.15) is 6.73 Å². The second kappa shape index (κ2) is 7.71. The summed E-state index contributed by atoms with van der Waals surface area (Å²) >= 11 is 0. The van der Waals surface area contributed by atoms with E-state index in [1.165, 1.54) is 18.1 Å². The first kappa shape index (κ1) is 15.4. The normalized spacial score (nSPS) is 12.0. The molecule has 0 unspecified atom stereocenters. The van der Waals surface area contributed by atoms with E-state index >= 15 is 0 Å². The van der Waals surface area contributed by atoms with Crippen molar-refractivity contribution in [3.8, 4) is 0 Å². The number of hydrogen-bond acceptors (Lipinski definition) is 3. The molecule has 0 saturated heterocycles. The van der Waals surface area contributed by atoms with E-state index < -0.39 is 8.32 Å². The maximum atomic E-state index is 6.20. The molecule has 0 N–H and O–H groups in total. The summed E-state index contributed by atoms with van der Waals surface area (Å²) < 4.78 is 13.5. The van der Waals surface area contributed by atoms with Crippen molar-refractivity contribution in [3.05, 3.63) is 18.2 Å². The lowest BCUT2D eigenvalue weighted by atomic mass is 10.5. The van der Waals surface area contributed by atoms with Crippen molar-refractivity contribution in [3.63, 3.8) is 0 Å². The van der Waals surface area contributed by atoms with Gasteiger partial charge in [-0.15, -0.1) is 0 Å². The number of imidazole rings is 1. The minimum absolute atomic E-state index is 0.571. The van der Waals surface area contributed by atoms with Gasteiger partial charge in [0.15, 0.2) is 8.32 Å². The minimum Gasteiger partial charge on any atom is -0.411 e. The van der Waals surface area contributed by atoms with E-state index in [2.05, 4.69) is 25.8 Å². The Morgan fingerprint density at radius 2 is 1.83 bits per heavy atom. The van der Waals surface area contributed by atoms with Crippen LogP contribution >= 0.6 is 0 Å². The summed E-state index contributed by atoms with van der Waals surface area (Å²) in [6.07, 6.45) is 3.82.